The van der Waals surface area contributed by atoms with Crippen LogP contribution < -0.4 is 4.74 Å². The van der Waals surface area contributed by atoms with E-state index >= 15 is 0 Å². The molecule has 0 saturated carbocycles. The van der Waals surface area contributed by atoms with Gasteiger partial charge in [-0.15, -0.1) is 10.2 Å². The summed E-state index contributed by atoms with van der Waals surface area (Å²) >= 11 is 0. The SMILES string of the molecule is COc1ccc(S(=O)(=O)N2CCn3c(C)nnc3C2)c(C)c1. The maximum absolute atomic E-state index is 12.9. The monoisotopic (exact) mass is 322 g/mol. The van der Waals surface area contributed by atoms with Crippen LogP contribution in [0, 0.1) is 13.8 Å². The van der Waals surface area contributed by atoms with Gasteiger partial charge >= 0.3 is 0 Å². The van der Waals surface area contributed by atoms with E-state index in [2.05, 4.69) is 10.2 Å². The molecule has 0 amide bonds. The summed E-state index contributed by atoms with van der Waals surface area (Å²) in [6, 6.07) is 4.98. The molecule has 7 nitrogen and oxygen atoms in total. The van der Waals surface area contributed by atoms with Crippen molar-refractivity contribution >= 4 is 10.0 Å². The van der Waals surface area contributed by atoms with Crippen molar-refractivity contribution in [1.29, 1.82) is 0 Å². The lowest BCUT2D eigenvalue weighted by molar-refractivity contribution is 0.333. The molecule has 0 atom stereocenters. The van der Waals surface area contributed by atoms with Gasteiger partial charge in [0, 0.05) is 13.1 Å². The fraction of sp³-hybridized carbons (Fsp3) is 0.429. The molecule has 8 heteroatoms. The number of sulfonamides is 1. The lowest BCUT2D eigenvalue weighted by Gasteiger charge is -2.27. The third-order valence-corrected chi connectivity index (χ3v) is 5.91. The van der Waals surface area contributed by atoms with Gasteiger partial charge in [-0.3, -0.25) is 0 Å². The van der Waals surface area contributed by atoms with Crippen LogP contribution in [0.2, 0.25) is 0 Å². The largest absolute Gasteiger partial charge is 0.497 e. The quantitative estimate of drug-likeness (QED) is 0.846. The van der Waals surface area contributed by atoms with Crippen molar-refractivity contribution in [3.05, 3.63) is 35.4 Å². The fourth-order valence-corrected chi connectivity index (χ4v) is 4.25. The normalized spacial score (nSPS) is 15.6. The molecular formula is C14H18N4O3S. The van der Waals surface area contributed by atoms with Crippen LogP contribution in [-0.2, 0) is 23.1 Å². The smallest absolute Gasteiger partial charge is 0.243 e. The number of fused-ring (bicyclic) bond motifs is 1. The van der Waals surface area contributed by atoms with Gasteiger partial charge in [-0.1, -0.05) is 0 Å². The second-order valence-electron chi connectivity index (χ2n) is 5.29. The Morgan fingerprint density at radius 3 is 2.64 bits per heavy atom. The van der Waals surface area contributed by atoms with E-state index in [-0.39, 0.29) is 6.54 Å². The molecule has 1 aliphatic heterocycles. The van der Waals surface area contributed by atoms with Crippen molar-refractivity contribution < 1.29 is 13.2 Å². The molecule has 1 aliphatic rings. The molecule has 0 spiro atoms. The van der Waals surface area contributed by atoms with Crippen LogP contribution >= 0.6 is 0 Å². The molecular weight excluding hydrogens is 304 g/mol. The van der Waals surface area contributed by atoms with E-state index in [0.29, 0.717) is 35.1 Å². The fourth-order valence-electron chi connectivity index (χ4n) is 2.66. The summed E-state index contributed by atoms with van der Waals surface area (Å²) in [7, 11) is -2.00. The minimum absolute atomic E-state index is 0.245. The summed E-state index contributed by atoms with van der Waals surface area (Å²) in [6.07, 6.45) is 0. The molecule has 2 aromatic rings. The number of rotatable bonds is 3. The molecule has 0 bridgehead atoms. The summed E-state index contributed by atoms with van der Waals surface area (Å²) in [4.78, 5) is 0.304. The first-order valence-corrected chi connectivity index (χ1v) is 8.41. The van der Waals surface area contributed by atoms with E-state index < -0.39 is 10.0 Å². The summed E-state index contributed by atoms with van der Waals surface area (Å²) in [5.74, 6) is 2.14. The first-order chi connectivity index (χ1) is 10.4. The van der Waals surface area contributed by atoms with Crippen LogP contribution in [0.1, 0.15) is 17.2 Å². The highest BCUT2D eigenvalue weighted by atomic mass is 32.2. The lowest BCUT2D eigenvalue weighted by atomic mass is 10.2. The van der Waals surface area contributed by atoms with Gasteiger partial charge in [-0.25, -0.2) is 8.42 Å². The molecule has 0 unspecified atom stereocenters. The molecule has 22 heavy (non-hydrogen) atoms. The van der Waals surface area contributed by atoms with Crippen LogP contribution in [0.25, 0.3) is 0 Å². The van der Waals surface area contributed by atoms with Crippen molar-refractivity contribution in [2.45, 2.75) is 31.8 Å². The van der Waals surface area contributed by atoms with Gasteiger partial charge in [0.1, 0.15) is 17.4 Å². The third kappa shape index (κ3) is 2.38. The highest BCUT2D eigenvalue weighted by molar-refractivity contribution is 7.89. The predicted molar refractivity (Wildman–Crippen MR) is 80.1 cm³/mol. The van der Waals surface area contributed by atoms with Crippen molar-refractivity contribution in [3.8, 4) is 5.75 Å². The van der Waals surface area contributed by atoms with Crippen LogP contribution in [0.5, 0.6) is 5.75 Å². The number of aromatic nitrogens is 3. The van der Waals surface area contributed by atoms with Gasteiger partial charge in [-0.2, -0.15) is 4.31 Å². The summed E-state index contributed by atoms with van der Waals surface area (Å²) in [6.45, 7) is 4.87. The third-order valence-electron chi connectivity index (χ3n) is 3.90. The molecule has 0 fully saturated rings. The van der Waals surface area contributed by atoms with E-state index in [1.165, 1.54) is 4.31 Å². The van der Waals surface area contributed by atoms with Gasteiger partial charge < -0.3 is 9.30 Å². The molecule has 1 aromatic heterocycles. The molecule has 2 heterocycles. The molecule has 118 valence electrons. The number of methoxy groups -OCH3 is 1. The highest BCUT2D eigenvalue weighted by Crippen LogP contribution is 2.26. The minimum atomic E-state index is -3.55. The van der Waals surface area contributed by atoms with E-state index in [9.17, 15) is 8.42 Å². The Labute approximate surface area is 129 Å². The summed E-state index contributed by atoms with van der Waals surface area (Å²) < 4.78 is 34.2. The molecule has 3 rings (SSSR count). The van der Waals surface area contributed by atoms with Gasteiger partial charge in [0.25, 0.3) is 0 Å². The van der Waals surface area contributed by atoms with Crippen molar-refractivity contribution in [1.82, 2.24) is 19.1 Å². The van der Waals surface area contributed by atoms with Crippen LogP contribution in [0.3, 0.4) is 0 Å². The number of nitrogens with zero attached hydrogens (tertiary/aromatic N) is 4. The number of ether oxygens (including phenoxy) is 1. The predicted octanol–water partition coefficient (Wildman–Crippen LogP) is 1.11. The van der Waals surface area contributed by atoms with E-state index in [4.69, 9.17) is 4.74 Å². The Morgan fingerprint density at radius 1 is 1.18 bits per heavy atom. The van der Waals surface area contributed by atoms with E-state index in [1.54, 1.807) is 32.2 Å². The maximum atomic E-state index is 12.9. The van der Waals surface area contributed by atoms with Crippen LogP contribution in [0.4, 0.5) is 0 Å². The van der Waals surface area contributed by atoms with E-state index in [0.717, 1.165) is 5.82 Å². The molecule has 0 radical (unpaired) electrons. The average molecular weight is 322 g/mol. The standard InChI is InChI=1S/C14H18N4O3S/c1-10-8-12(21-3)4-5-13(10)22(19,20)17-6-7-18-11(2)15-16-14(18)9-17/h4-5,8H,6-7,9H2,1-3H3. The zero-order chi connectivity index (χ0) is 15.9. The van der Waals surface area contributed by atoms with Crippen molar-refractivity contribution in [2.75, 3.05) is 13.7 Å². The Kier molecular flexibility index (Phi) is 3.65. The number of hydrogen-bond donors (Lipinski definition) is 0. The van der Waals surface area contributed by atoms with Gasteiger partial charge in [-0.05, 0) is 37.6 Å². The van der Waals surface area contributed by atoms with Gasteiger partial charge in [0.05, 0.1) is 18.6 Å². The number of aryl methyl sites for hydroxylation is 2. The lowest BCUT2D eigenvalue weighted by Crippen LogP contribution is -2.38. The second kappa shape index (κ2) is 5.36. The van der Waals surface area contributed by atoms with Crippen molar-refractivity contribution in [3.63, 3.8) is 0 Å². The topological polar surface area (TPSA) is 77.3 Å². The first-order valence-electron chi connectivity index (χ1n) is 6.97. The van der Waals surface area contributed by atoms with Crippen LogP contribution in [0.15, 0.2) is 23.1 Å². The summed E-state index contributed by atoms with van der Waals surface area (Å²) in [5.41, 5.74) is 0.669. The molecule has 0 N–H and O–H groups in total. The second-order valence-corrected chi connectivity index (χ2v) is 7.19. The van der Waals surface area contributed by atoms with E-state index in [1.807, 2.05) is 11.5 Å². The Balaban J connectivity index is 1.94. The minimum Gasteiger partial charge on any atom is -0.497 e. The number of hydrogen-bond acceptors (Lipinski definition) is 5. The van der Waals surface area contributed by atoms with Gasteiger partial charge in [0.15, 0.2) is 0 Å². The Bertz CT molecular complexity index is 813. The zero-order valence-corrected chi connectivity index (χ0v) is 13.6. The molecule has 0 aliphatic carbocycles. The first kappa shape index (κ1) is 15.0. The average Bonchev–Trinajstić information content (AvgIpc) is 2.87. The van der Waals surface area contributed by atoms with Crippen molar-refractivity contribution in [2.24, 2.45) is 0 Å². The zero-order valence-electron chi connectivity index (χ0n) is 12.8. The Morgan fingerprint density at radius 2 is 1.95 bits per heavy atom. The van der Waals surface area contributed by atoms with Gasteiger partial charge in [0.2, 0.25) is 10.0 Å². The molecule has 0 saturated heterocycles. The highest BCUT2D eigenvalue weighted by Gasteiger charge is 2.31. The Hall–Kier alpha value is -1.93. The molecule has 1 aromatic carbocycles. The maximum Gasteiger partial charge on any atom is 0.243 e. The summed E-state index contributed by atoms with van der Waals surface area (Å²) in [5, 5.41) is 8.05. The number of benzene rings is 1. The van der Waals surface area contributed by atoms with Crippen LogP contribution in [-0.4, -0.2) is 41.1 Å².